The number of aromatic hydroxyl groups is 1. The van der Waals surface area contributed by atoms with Gasteiger partial charge in [-0.05, 0) is 42.0 Å². The lowest BCUT2D eigenvalue weighted by atomic mass is 9.94. The molecule has 0 bridgehead atoms. The number of fused-ring (bicyclic) bond motifs is 3. The number of aromatic nitrogens is 1. The van der Waals surface area contributed by atoms with Gasteiger partial charge in [-0.25, -0.2) is 0 Å². The molecule has 1 N–H and O–H groups in total. The Morgan fingerprint density at radius 3 is 2.13 bits per heavy atom. The topological polar surface area (TPSA) is 65.8 Å². The van der Waals surface area contributed by atoms with Crippen molar-refractivity contribution in [1.29, 1.82) is 0 Å². The fourth-order valence-electron chi connectivity index (χ4n) is 4.65. The zero-order chi connectivity index (χ0) is 20.8. The fourth-order valence-corrected chi connectivity index (χ4v) is 4.65. The van der Waals surface area contributed by atoms with Crippen LogP contribution in [0, 0.1) is 0 Å². The maximum atomic E-state index is 13.0. The van der Waals surface area contributed by atoms with Crippen molar-refractivity contribution in [1.82, 2.24) is 9.58 Å². The van der Waals surface area contributed by atoms with Crippen molar-refractivity contribution in [3.8, 4) is 5.75 Å². The Kier molecular flexibility index (Phi) is 4.35. The first-order valence-corrected chi connectivity index (χ1v) is 10.3. The number of amides is 1. The van der Waals surface area contributed by atoms with Crippen LogP contribution in [0.3, 0.4) is 0 Å². The van der Waals surface area contributed by atoms with Gasteiger partial charge in [0, 0.05) is 18.8 Å². The summed E-state index contributed by atoms with van der Waals surface area (Å²) in [6.07, 6.45) is 3.48. The third-order valence-corrected chi connectivity index (χ3v) is 6.18. The zero-order valence-electron chi connectivity index (χ0n) is 16.8. The summed E-state index contributed by atoms with van der Waals surface area (Å²) in [7, 11) is 0. The minimum atomic E-state index is -0.547. The first-order chi connectivity index (χ1) is 14.6. The summed E-state index contributed by atoms with van der Waals surface area (Å²) >= 11 is 0. The normalized spacial score (nSPS) is 16.0. The molecule has 0 saturated carbocycles. The third-order valence-electron chi connectivity index (χ3n) is 6.18. The van der Waals surface area contributed by atoms with E-state index >= 15 is 0 Å². The van der Waals surface area contributed by atoms with E-state index in [9.17, 15) is 14.7 Å². The summed E-state index contributed by atoms with van der Waals surface area (Å²) in [5.74, 6) is -0.833. The lowest BCUT2D eigenvalue weighted by molar-refractivity contribution is 0.0690. The van der Waals surface area contributed by atoms with Gasteiger partial charge >= 0.3 is 0 Å². The molecule has 2 aromatic carbocycles. The summed E-state index contributed by atoms with van der Waals surface area (Å²) in [5, 5.41) is 12.6. The van der Waals surface area contributed by atoms with Crippen LogP contribution in [0.15, 0.2) is 65.6 Å². The van der Waals surface area contributed by atoms with E-state index in [1.165, 1.54) is 28.3 Å². The molecule has 0 radical (unpaired) electrons. The van der Waals surface area contributed by atoms with Crippen LogP contribution in [0.25, 0.3) is 0 Å². The maximum Gasteiger partial charge on any atom is 0.277 e. The lowest BCUT2D eigenvalue weighted by Crippen LogP contribution is -2.55. The molecular formula is C24H23N3O3. The highest BCUT2D eigenvalue weighted by molar-refractivity contribution is 5.96. The molecule has 0 saturated heterocycles. The highest BCUT2D eigenvalue weighted by atomic mass is 16.3. The molecule has 0 spiro atoms. The van der Waals surface area contributed by atoms with E-state index in [1.54, 1.807) is 15.8 Å². The molecule has 30 heavy (non-hydrogen) atoms. The zero-order valence-corrected chi connectivity index (χ0v) is 16.8. The van der Waals surface area contributed by atoms with Crippen LogP contribution in [0.5, 0.6) is 5.75 Å². The van der Waals surface area contributed by atoms with Crippen LogP contribution in [0.2, 0.25) is 0 Å². The number of carbonyl (C=O) groups is 1. The molecule has 1 aliphatic heterocycles. The Balaban J connectivity index is 1.78. The van der Waals surface area contributed by atoms with Crippen LogP contribution in [-0.4, -0.2) is 33.8 Å². The largest absolute Gasteiger partial charge is 0.502 e. The molecule has 0 atom stereocenters. The molecule has 6 nitrogen and oxygen atoms in total. The van der Waals surface area contributed by atoms with Crippen LogP contribution in [0.1, 0.15) is 45.7 Å². The molecule has 1 aliphatic carbocycles. The molecule has 152 valence electrons. The van der Waals surface area contributed by atoms with E-state index in [0.29, 0.717) is 13.2 Å². The monoisotopic (exact) mass is 401 g/mol. The van der Waals surface area contributed by atoms with Gasteiger partial charge in [0.05, 0.1) is 6.04 Å². The molecule has 5 rings (SSSR count). The van der Waals surface area contributed by atoms with E-state index in [4.69, 9.17) is 0 Å². The number of benzene rings is 2. The van der Waals surface area contributed by atoms with Crippen molar-refractivity contribution in [3.63, 3.8) is 0 Å². The Morgan fingerprint density at radius 2 is 1.53 bits per heavy atom. The summed E-state index contributed by atoms with van der Waals surface area (Å²) < 4.78 is 1.66. The number of carbonyl (C=O) groups excluding carboxylic acids is 1. The van der Waals surface area contributed by atoms with Crippen LogP contribution >= 0.6 is 0 Å². The maximum absolute atomic E-state index is 13.0. The minimum absolute atomic E-state index is 0.0230. The fraction of sp³-hybridized carbons (Fsp3) is 0.250. The summed E-state index contributed by atoms with van der Waals surface area (Å²) in [6, 6.07) is 17.9. The van der Waals surface area contributed by atoms with Crippen molar-refractivity contribution >= 4 is 5.91 Å². The van der Waals surface area contributed by atoms with Crippen LogP contribution < -0.4 is 10.4 Å². The van der Waals surface area contributed by atoms with Crippen molar-refractivity contribution in [2.24, 2.45) is 0 Å². The molecule has 0 fully saturated rings. The second-order valence-electron chi connectivity index (χ2n) is 7.76. The van der Waals surface area contributed by atoms with Gasteiger partial charge in [-0.1, -0.05) is 48.5 Å². The highest BCUT2D eigenvalue weighted by Gasteiger charge is 2.37. The van der Waals surface area contributed by atoms with Gasteiger partial charge in [0.1, 0.15) is 6.67 Å². The Bertz CT molecular complexity index is 1150. The molecule has 3 aromatic rings. The van der Waals surface area contributed by atoms with E-state index in [-0.39, 0.29) is 17.6 Å². The standard InChI is InChI=1S/C24H23N3O3/c1-2-25-15-27(26-14-13-20(28)23(29)22(26)24(25)30)21-18-9-5-3-7-16(18)11-12-17-8-4-6-10-19(17)21/h3-10,13-14,21,29H,2,11-12,15H2,1H3. The van der Waals surface area contributed by atoms with Gasteiger partial charge in [0.2, 0.25) is 5.43 Å². The number of rotatable bonds is 2. The smallest absolute Gasteiger partial charge is 0.277 e. The van der Waals surface area contributed by atoms with Crippen LogP contribution in [0.4, 0.5) is 0 Å². The second kappa shape index (κ2) is 7.06. The number of aryl methyl sites for hydroxylation is 2. The van der Waals surface area contributed by atoms with E-state index in [0.717, 1.165) is 12.8 Å². The molecule has 6 heteroatoms. The Morgan fingerprint density at radius 1 is 0.933 bits per heavy atom. The van der Waals surface area contributed by atoms with Gasteiger partial charge in [-0.3, -0.25) is 19.3 Å². The third kappa shape index (κ3) is 2.71. The Labute approximate surface area is 174 Å². The van der Waals surface area contributed by atoms with Crippen molar-refractivity contribution in [3.05, 3.63) is 99.0 Å². The average Bonchev–Trinajstić information content (AvgIpc) is 2.93. The van der Waals surface area contributed by atoms with Crippen molar-refractivity contribution in [2.45, 2.75) is 25.8 Å². The SMILES string of the molecule is CCN1CN(C2c3ccccc3CCc3ccccc32)n2ccc(=O)c(O)c2C1=O. The number of nitrogens with zero attached hydrogens (tertiary/aromatic N) is 3. The quantitative estimate of drug-likeness (QED) is 0.717. The second-order valence-corrected chi connectivity index (χ2v) is 7.76. The molecule has 2 heterocycles. The summed E-state index contributed by atoms with van der Waals surface area (Å²) in [6.45, 7) is 2.74. The Hall–Kier alpha value is -3.54. The number of hydrogen-bond donors (Lipinski definition) is 1. The van der Waals surface area contributed by atoms with Crippen molar-refractivity contribution in [2.75, 3.05) is 18.2 Å². The van der Waals surface area contributed by atoms with Crippen LogP contribution in [-0.2, 0) is 12.8 Å². The summed E-state index contributed by atoms with van der Waals surface area (Å²) in [5.41, 5.74) is 4.37. The first kappa shape index (κ1) is 18.5. The molecule has 2 aliphatic rings. The average molecular weight is 401 g/mol. The molecule has 1 amide bonds. The van der Waals surface area contributed by atoms with Gasteiger partial charge in [0.25, 0.3) is 5.91 Å². The van der Waals surface area contributed by atoms with Crippen molar-refractivity contribution < 1.29 is 9.90 Å². The molecule has 0 unspecified atom stereocenters. The van der Waals surface area contributed by atoms with Gasteiger partial charge in [0.15, 0.2) is 11.4 Å². The van der Waals surface area contributed by atoms with Gasteiger partial charge in [-0.15, -0.1) is 0 Å². The van der Waals surface area contributed by atoms with Gasteiger partial charge in [-0.2, -0.15) is 0 Å². The van der Waals surface area contributed by atoms with E-state index in [2.05, 4.69) is 41.4 Å². The van der Waals surface area contributed by atoms with E-state index in [1.807, 2.05) is 19.1 Å². The molecular weight excluding hydrogens is 378 g/mol. The van der Waals surface area contributed by atoms with Gasteiger partial charge < -0.3 is 10.0 Å². The molecule has 1 aromatic heterocycles. The predicted octanol–water partition coefficient (Wildman–Crippen LogP) is 2.81. The first-order valence-electron chi connectivity index (χ1n) is 10.3. The minimum Gasteiger partial charge on any atom is -0.502 e. The predicted molar refractivity (Wildman–Crippen MR) is 114 cm³/mol. The summed E-state index contributed by atoms with van der Waals surface area (Å²) in [4.78, 5) is 26.8. The number of pyridine rings is 1. The van der Waals surface area contributed by atoms with E-state index < -0.39 is 11.2 Å². The highest BCUT2D eigenvalue weighted by Crippen LogP contribution is 2.37. The number of hydrogen-bond acceptors (Lipinski definition) is 4. The lowest BCUT2D eigenvalue weighted by Gasteiger charge is -2.44.